The molecule has 2 amide bonds. The van der Waals surface area contributed by atoms with Crippen LogP contribution in [0.1, 0.15) is 55.3 Å². The number of rotatable bonds is 7. The van der Waals surface area contributed by atoms with Crippen molar-refractivity contribution in [1.29, 1.82) is 0 Å². The maximum Gasteiger partial charge on any atom is 0.269 e. The van der Waals surface area contributed by atoms with E-state index in [9.17, 15) is 18.0 Å². The van der Waals surface area contributed by atoms with Crippen molar-refractivity contribution in [3.05, 3.63) is 29.8 Å². The van der Waals surface area contributed by atoms with Crippen LogP contribution in [0, 0.1) is 17.8 Å². The van der Waals surface area contributed by atoms with Gasteiger partial charge in [0, 0.05) is 25.1 Å². The summed E-state index contributed by atoms with van der Waals surface area (Å²) in [5.74, 6) is 1.08. The zero-order valence-corrected chi connectivity index (χ0v) is 16.7. The van der Waals surface area contributed by atoms with E-state index in [-0.39, 0.29) is 16.4 Å². The summed E-state index contributed by atoms with van der Waals surface area (Å²) in [6.45, 7) is 1.02. The van der Waals surface area contributed by atoms with Gasteiger partial charge in [0.05, 0.1) is 4.90 Å². The molecule has 0 aromatic heterocycles. The van der Waals surface area contributed by atoms with E-state index >= 15 is 0 Å². The molecule has 28 heavy (non-hydrogen) atoms. The molecule has 1 saturated heterocycles. The number of carbonyl (C=O) groups is 2. The molecule has 1 heterocycles. The third kappa shape index (κ3) is 4.38. The zero-order chi connectivity index (χ0) is 19.7. The van der Waals surface area contributed by atoms with E-state index in [1.807, 2.05) is 0 Å². The summed E-state index contributed by atoms with van der Waals surface area (Å²) in [7, 11) is -3.58. The highest BCUT2D eigenvalue weighted by molar-refractivity contribution is 7.89. The van der Waals surface area contributed by atoms with Crippen molar-refractivity contribution in [3.8, 4) is 0 Å². The second kappa shape index (κ2) is 7.83. The second-order valence-corrected chi connectivity index (χ2v) is 10.1. The number of hydrogen-bond donors (Lipinski definition) is 2. The van der Waals surface area contributed by atoms with Gasteiger partial charge in [0.25, 0.3) is 5.91 Å². The molecule has 0 bridgehead atoms. The molecule has 3 fully saturated rings. The van der Waals surface area contributed by atoms with E-state index in [0.29, 0.717) is 37.3 Å². The Labute approximate surface area is 165 Å². The fraction of sp³-hybridized carbons (Fsp3) is 0.600. The van der Waals surface area contributed by atoms with Gasteiger partial charge in [-0.1, -0.05) is 6.07 Å². The Morgan fingerprint density at radius 2 is 1.68 bits per heavy atom. The van der Waals surface area contributed by atoms with Crippen molar-refractivity contribution < 1.29 is 18.0 Å². The number of carbonyl (C=O) groups excluding carboxylic acids is 2. The van der Waals surface area contributed by atoms with Crippen LogP contribution in [0.2, 0.25) is 0 Å². The third-order valence-corrected chi connectivity index (χ3v) is 7.89. The van der Waals surface area contributed by atoms with E-state index in [1.165, 1.54) is 42.1 Å². The molecule has 1 aliphatic heterocycles. The summed E-state index contributed by atoms with van der Waals surface area (Å²) in [4.78, 5) is 24.7. The highest BCUT2D eigenvalue weighted by atomic mass is 32.2. The van der Waals surface area contributed by atoms with E-state index in [0.717, 1.165) is 12.8 Å². The predicted octanol–water partition coefficient (Wildman–Crippen LogP) is 2.06. The largest absolute Gasteiger partial charge is 0.273 e. The summed E-state index contributed by atoms with van der Waals surface area (Å²) in [5.41, 5.74) is 5.13. The van der Waals surface area contributed by atoms with E-state index in [2.05, 4.69) is 10.9 Å². The number of benzene rings is 1. The Bertz CT molecular complexity index is 844. The van der Waals surface area contributed by atoms with Gasteiger partial charge in [0.15, 0.2) is 0 Å². The molecular formula is C20H27N3O4S. The van der Waals surface area contributed by atoms with Crippen molar-refractivity contribution >= 4 is 21.8 Å². The summed E-state index contributed by atoms with van der Waals surface area (Å²) in [5, 5.41) is 0. The maximum absolute atomic E-state index is 12.7. The molecule has 1 aromatic rings. The molecule has 0 atom stereocenters. The van der Waals surface area contributed by atoms with Crippen molar-refractivity contribution in [3.63, 3.8) is 0 Å². The number of sulfonamides is 1. The van der Waals surface area contributed by atoms with Gasteiger partial charge in [-0.2, -0.15) is 4.31 Å². The standard InChI is InChI=1S/C20H27N3O4S/c24-19(13-18(14-6-7-14)15-8-9-15)21-22-20(25)16-4-3-5-17(12-16)28(26,27)23-10-1-2-11-23/h3-5,12,14-15,18H,1-2,6-11,13H2,(H,21,24)(H,22,25). The topological polar surface area (TPSA) is 95.6 Å². The molecule has 2 saturated carbocycles. The van der Waals surface area contributed by atoms with Crippen molar-refractivity contribution in [2.24, 2.45) is 17.8 Å². The van der Waals surface area contributed by atoms with Gasteiger partial charge in [-0.15, -0.1) is 0 Å². The molecule has 2 aliphatic carbocycles. The lowest BCUT2D eigenvalue weighted by Gasteiger charge is -2.16. The van der Waals surface area contributed by atoms with Gasteiger partial charge in [0.2, 0.25) is 15.9 Å². The first kappa shape index (κ1) is 19.4. The molecule has 0 unspecified atom stereocenters. The van der Waals surface area contributed by atoms with Crippen molar-refractivity contribution in [2.45, 2.75) is 49.8 Å². The number of hydrogen-bond acceptors (Lipinski definition) is 4. The number of nitrogens with zero attached hydrogens (tertiary/aromatic N) is 1. The minimum Gasteiger partial charge on any atom is -0.273 e. The maximum atomic E-state index is 12.7. The Morgan fingerprint density at radius 3 is 2.29 bits per heavy atom. The Morgan fingerprint density at radius 1 is 1.04 bits per heavy atom. The van der Waals surface area contributed by atoms with Crippen LogP contribution in [0.5, 0.6) is 0 Å². The molecule has 8 heteroatoms. The highest BCUT2D eigenvalue weighted by Crippen LogP contribution is 2.50. The first-order chi connectivity index (χ1) is 13.4. The fourth-order valence-corrected chi connectivity index (χ4v) is 5.67. The molecule has 3 aliphatic rings. The van der Waals surface area contributed by atoms with Crippen LogP contribution in [0.3, 0.4) is 0 Å². The molecule has 4 rings (SSSR count). The summed E-state index contributed by atoms with van der Waals surface area (Å²) in [6, 6.07) is 5.96. The minimum absolute atomic E-state index is 0.107. The first-order valence-electron chi connectivity index (χ1n) is 10.1. The van der Waals surface area contributed by atoms with Gasteiger partial charge in [0.1, 0.15) is 0 Å². The van der Waals surface area contributed by atoms with Gasteiger partial charge >= 0.3 is 0 Å². The van der Waals surface area contributed by atoms with Gasteiger partial charge in [-0.3, -0.25) is 20.4 Å². The number of nitrogens with one attached hydrogen (secondary N) is 2. The number of hydrazine groups is 1. The van der Waals surface area contributed by atoms with Crippen LogP contribution in [0.25, 0.3) is 0 Å². The Hall–Kier alpha value is -1.93. The third-order valence-electron chi connectivity index (χ3n) is 5.99. The molecular weight excluding hydrogens is 378 g/mol. The van der Waals surface area contributed by atoms with Crippen LogP contribution in [0.4, 0.5) is 0 Å². The summed E-state index contributed by atoms with van der Waals surface area (Å²) < 4.78 is 26.8. The molecule has 152 valence electrons. The summed E-state index contributed by atoms with van der Waals surface area (Å²) in [6.07, 6.45) is 6.98. The quantitative estimate of drug-likeness (QED) is 0.679. The smallest absolute Gasteiger partial charge is 0.269 e. The average molecular weight is 406 g/mol. The van der Waals surface area contributed by atoms with E-state index in [4.69, 9.17) is 0 Å². The average Bonchev–Trinajstić information content (AvgIpc) is 3.63. The van der Waals surface area contributed by atoms with Crippen LogP contribution >= 0.6 is 0 Å². The lowest BCUT2D eigenvalue weighted by Crippen LogP contribution is -2.42. The monoisotopic (exact) mass is 405 g/mol. The Balaban J connectivity index is 1.35. The highest BCUT2D eigenvalue weighted by Gasteiger charge is 2.42. The van der Waals surface area contributed by atoms with Gasteiger partial charge in [-0.25, -0.2) is 8.42 Å². The normalized spacial score (nSPS) is 20.3. The van der Waals surface area contributed by atoms with Gasteiger partial charge in [-0.05, 0) is 74.5 Å². The predicted molar refractivity (Wildman–Crippen MR) is 104 cm³/mol. The molecule has 0 radical (unpaired) electrons. The van der Waals surface area contributed by atoms with E-state index in [1.54, 1.807) is 12.1 Å². The van der Waals surface area contributed by atoms with E-state index < -0.39 is 15.9 Å². The summed E-state index contributed by atoms with van der Waals surface area (Å²) >= 11 is 0. The zero-order valence-electron chi connectivity index (χ0n) is 15.9. The van der Waals surface area contributed by atoms with Crippen LogP contribution in [-0.4, -0.2) is 37.6 Å². The van der Waals surface area contributed by atoms with Gasteiger partial charge < -0.3 is 0 Å². The number of amides is 2. The SMILES string of the molecule is O=C(CC(C1CC1)C1CC1)NNC(=O)c1cccc(S(=O)(=O)N2CCCC2)c1. The Kier molecular flexibility index (Phi) is 5.42. The first-order valence-corrected chi connectivity index (χ1v) is 11.6. The lowest BCUT2D eigenvalue weighted by atomic mass is 9.94. The van der Waals surface area contributed by atoms with Crippen LogP contribution in [0.15, 0.2) is 29.2 Å². The van der Waals surface area contributed by atoms with Crippen LogP contribution < -0.4 is 10.9 Å². The van der Waals surface area contributed by atoms with Crippen molar-refractivity contribution in [2.75, 3.05) is 13.1 Å². The molecule has 2 N–H and O–H groups in total. The molecule has 1 aromatic carbocycles. The second-order valence-electron chi connectivity index (χ2n) is 8.18. The molecule has 7 nitrogen and oxygen atoms in total. The fourth-order valence-electron chi connectivity index (χ4n) is 4.11. The van der Waals surface area contributed by atoms with Crippen LogP contribution in [-0.2, 0) is 14.8 Å². The lowest BCUT2D eigenvalue weighted by molar-refractivity contribution is -0.123. The molecule has 0 spiro atoms. The minimum atomic E-state index is -3.58. The van der Waals surface area contributed by atoms with Crippen molar-refractivity contribution in [1.82, 2.24) is 15.2 Å².